The fraction of sp³-hybridized carbons (Fsp3) is 0.257. The normalized spacial score (nSPS) is 14.1. The number of benzene rings is 4. The number of amides is 2. The van der Waals surface area contributed by atoms with Crippen LogP contribution in [-0.4, -0.2) is 43.8 Å². The summed E-state index contributed by atoms with van der Waals surface area (Å²) in [5.41, 5.74) is 2.10. The zero-order valence-corrected chi connectivity index (χ0v) is 26.8. The van der Waals surface area contributed by atoms with Crippen molar-refractivity contribution in [3.8, 4) is 0 Å². The smallest absolute Gasteiger partial charge is 0.264 e. The first-order valence-electron chi connectivity index (χ1n) is 14.8. The van der Waals surface area contributed by atoms with Gasteiger partial charge in [0.1, 0.15) is 12.6 Å². The van der Waals surface area contributed by atoms with Gasteiger partial charge in [0, 0.05) is 23.5 Å². The predicted octanol–water partition coefficient (Wildman–Crippen LogP) is 6.34. The predicted molar refractivity (Wildman–Crippen MR) is 176 cm³/mol. The zero-order valence-electron chi connectivity index (χ0n) is 24.4. The first-order valence-corrected chi connectivity index (χ1v) is 17.1. The van der Waals surface area contributed by atoms with Crippen LogP contribution in [0, 0.1) is 0 Å². The topological polar surface area (TPSA) is 86.8 Å². The van der Waals surface area contributed by atoms with Crippen LogP contribution in [0.25, 0.3) is 0 Å². The van der Waals surface area contributed by atoms with Crippen LogP contribution in [0.2, 0.25) is 0 Å². The van der Waals surface area contributed by atoms with Gasteiger partial charge in [0.05, 0.1) is 10.6 Å². The molecule has 5 rings (SSSR count). The monoisotopic (exact) mass is 673 g/mol. The highest BCUT2D eigenvalue weighted by Crippen LogP contribution is 2.25. The average Bonchev–Trinajstić information content (AvgIpc) is 3.56. The lowest BCUT2D eigenvalue weighted by Crippen LogP contribution is -2.54. The van der Waals surface area contributed by atoms with Crippen LogP contribution in [-0.2, 0) is 32.6 Å². The van der Waals surface area contributed by atoms with Crippen LogP contribution in [0.4, 0.5) is 5.69 Å². The Bertz CT molecular complexity index is 1630. The summed E-state index contributed by atoms with van der Waals surface area (Å²) in [6.07, 6.45) is 4.21. The maximum absolute atomic E-state index is 14.5. The Kier molecular flexibility index (Phi) is 10.5. The average molecular weight is 675 g/mol. The molecule has 0 spiro atoms. The van der Waals surface area contributed by atoms with E-state index in [2.05, 4.69) is 21.2 Å². The van der Waals surface area contributed by atoms with E-state index < -0.39 is 28.5 Å². The van der Waals surface area contributed by atoms with Crippen molar-refractivity contribution in [2.75, 3.05) is 10.8 Å². The molecule has 0 unspecified atom stereocenters. The molecule has 7 nitrogen and oxygen atoms in total. The van der Waals surface area contributed by atoms with Crippen molar-refractivity contribution in [3.63, 3.8) is 0 Å². The minimum atomic E-state index is -4.11. The molecule has 2 amide bonds. The number of anilines is 1. The number of halogens is 1. The number of nitrogens with one attached hydrogen (secondary N) is 1. The fourth-order valence-electron chi connectivity index (χ4n) is 5.55. The minimum Gasteiger partial charge on any atom is -0.352 e. The second-order valence-electron chi connectivity index (χ2n) is 11.0. The Hall–Kier alpha value is -3.95. The number of hydrogen-bond acceptors (Lipinski definition) is 4. The van der Waals surface area contributed by atoms with Crippen LogP contribution < -0.4 is 9.62 Å². The van der Waals surface area contributed by atoms with Gasteiger partial charge in [0.2, 0.25) is 11.8 Å². The Morgan fingerprint density at radius 2 is 1.34 bits per heavy atom. The van der Waals surface area contributed by atoms with E-state index in [0.29, 0.717) is 12.1 Å². The van der Waals surface area contributed by atoms with Gasteiger partial charge in [-0.15, -0.1) is 0 Å². The molecule has 0 aromatic heterocycles. The van der Waals surface area contributed by atoms with Gasteiger partial charge in [-0.3, -0.25) is 13.9 Å². The molecule has 1 aliphatic carbocycles. The van der Waals surface area contributed by atoms with E-state index in [9.17, 15) is 18.0 Å². The molecule has 1 aliphatic rings. The van der Waals surface area contributed by atoms with Crippen molar-refractivity contribution >= 4 is 43.5 Å². The summed E-state index contributed by atoms with van der Waals surface area (Å²) in [5.74, 6) is -0.706. The number of para-hydroxylation sites is 1. The first-order chi connectivity index (χ1) is 21.3. The Morgan fingerprint density at radius 3 is 1.95 bits per heavy atom. The Morgan fingerprint density at radius 1 is 0.773 bits per heavy atom. The van der Waals surface area contributed by atoms with Crippen LogP contribution in [0.3, 0.4) is 0 Å². The molecule has 0 radical (unpaired) electrons. The fourth-order valence-corrected chi connectivity index (χ4v) is 7.25. The molecule has 44 heavy (non-hydrogen) atoms. The third kappa shape index (κ3) is 7.95. The molecule has 1 N–H and O–H groups in total. The lowest BCUT2D eigenvalue weighted by Gasteiger charge is -2.34. The van der Waals surface area contributed by atoms with Crippen LogP contribution in [0.15, 0.2) is 125 Å². The molecule has 9 heteroatoms. The molecule has 0 bridgehead atoms. The van der Waals surface area contributed by atoms with Gasteiger partial charge in [0.15, 0.2) is 0 Å². The third-order valence-corrected chi connectivity index (χ3v) is 10.2. The molecule has 0 heterocycles. The largest absolute Gasteiger partial charge is 0.352 e. The van der Waals surface area contributed by atoms with E-state index in [-0.39, 0.29) is 23.4 Å². The highest BCUT2D eigenvalue weighted by Gasteiger charge is 2.35. The van der Waals surface area contributed by atoms with Crippen molar-refractivity contribution in [3.05, 3.63) is 131 Å². The SMILES string of the molecule is O=C(NC1CCCC1)[C@@H](Cc1ccccc1)N(Cc1ccc(Br)cc1)C(=O)CN(c1ccccc1)S(=O)(=O)c1ccccc1. The molecular formula is C35H36BrN3O4S. The van der Waals surface area contributed by atoms with Crippen LogP contribution in [0.1, 0.15) is 36.8 Å². The number of rotatable bonds is 12. The number of carbonyl (C=O) groups is 2. The van der Waals surface area contributed by atoms with E-state index in [0.717, 1.165) is 45.6 Å². The molecule has 228 valence electrons. The van der Waals surface area contributed by atoms with Crippen molar-refractivity contribution in [1.82, 2.24) is 10.2 Å². The molecule has 0 aliphatic heterocycles. The van der Waals surface area contributed by atoms with Crippen molar-refractivity contribution < 1.29 is 18.0 Å². The van der Waals surface area contributed by atoms with Gasteiger partial charge < -0.3 is 10.2 Å². The second kappa shape index (κ2) is 14.7. The third-order valence-electron chi connectivity index (χ3n) is 7.89. The van der Waals surface area contributed by atoms with Gasteiger partial charge in [0.25, 0.3) is 10.0 Å². The van der Waals surface area contributed by atoms with E-state index >= 15 is 0 Å². The maximum atomic E-state index is 14.5. The lowest BCUT2D eigenvalue weighted by atomic mass is 10.0. The standard InChI is InChI=1S/C35H36BrN3O4S/c36-29-22-20-28(21-23-29)25-38(33(24-27-12-4-1-5-13-27)35(41)37-30-14-10-11-15-30)34(40)26-39(31-16-6-2-7-17-31)44(42,43)32-18-8-3-9-19-32/h1-9,12-13,16-23,30,33H,10-11,14-15,24-26H2,(H,37,41)/t33-/m1/s1. The summed E-state index contributed by atoms with van der Waals surface area (Å²) in [6, 6.07) is 33.1. The van der Waals surface area contributed by atoms with Crippen molar-refractivity contribution in [2.45, 2.75) is 55.6 Å². The quantitative estimate of drug-likeness (QED) is 0.190. The Balaban J connectivity index is 1.54. The van der Waals surface area contributed by atoms with Crippen molar-refractivity contribution in [2.24, 2.45) is 0 Å². The highest BCUT2D eigenvalue weighted by molar-refractivity contribution is 9.10. The van der Waals surface area contributed by atoms with Crippen LogP contribution >= 0.6 is 15.9 Å². The van der Waals surface area contributed by atoms with Gasteiger partial charge in [-0.1, -0.05) is 108 Å². The van der Waals surface area contributed by atoms with E-state index in [1.54, 1.807) is 48.5 Å². The van der Waals surface area contributed by atoms with E-state index in [4.69, 9.17) is 0 Å². The van der Waals surface area contributed by atoms with Crippen LogP contribution in [0.5, 0.6) is 0 Å². The van der Waals surface area contributed by atoms with E-state index in [1.165, 1.54) is 17.0 Å². The molecule has 4 aromatic rings. The highest BCUT2D eigenvalue weighted by atomic mass is 79.9. The summed E-state index contributed by atoms with van der Waals surface area (Å²) in [7, 11) is -4.11. The number of sulfonamides is 1. The molecule has 1 fully saturated rings. The van der Waals surface area contributed by atoms with E-state index in [1.807, 2.05) is 54.6 Å². The summed E-state index contributed by atoms with van der Waals surface area (Å²) in [5, 5.41) is 3.20. The number of carbonyl (C=O) groups excluding carboxylic acids is 2. The minimum absolute atomic E-state index is 0.0599. The first kappa shape index (κ1) is 31.5. The van der Waals surface area contributed by atoms with Gasteiger partial charge in [-0.2, -0.15) is 0 Å². The zero-order chi connectivity index (χ0) is 30.9. The maximum Gasteiger partial charge on any atom is 0.264 e. The number of nitrogens with zero attached hydrogens (tertiary/aromatic N) is 2. The van der Waals surface area contributed by atoms with Crippen molar-refractivity contribution in [1.29, 1.82) is 0 Å². The summed E-state index contributed by atoms with van der Waals surface area (Å²) >= 11 is 3.47. The van der Waals surface area contributed by atoms with Gasteiger partial charge >= 0.3 is 0 Å². The summed E-state index contributed by atoms with van der Waals surface area (Å²) in [6.45, 7) is -0.338. The second-order valence-corrected chi connectivity index (χ2v) is 13.8. The molecule has 1 atom stereocenters. The molecule has 4 aromatic carbocycles. The summed E-state index contributed by atoms with van der Waals surface area (Å²) < 4.78 is 30.0. The summed E-state index contributed by atoms with van der Waals surface area (Å²) in [4.78, 5) is 30.1. The molecular weight excluding hydrogens is 638 g/mol. The number of hydrogen-bond donors (Lipinski definition) is 1. The lowest BCUT2D eigenvalue weighted by molar-refractivity contribution is -0.140. The Labute approximate surface area is 268 Å². The molecule has 1 saturated carbocycles. The molecule has 0 saturated heterocycles. The van der Waals surface area contributed by atoms with Gasteiger partial charge in [-0.05, 0) is 60.4 Å². The van der Waals surface area contributed by atoms with Gasteiger partial charge in [-0.25, -0.2) is 8.42 Å².